The Morgan fingerprint density at radius 3 is 2.65 bits per heavy atom. The van der Waals surface area contributed by atoms with E-state index in [1.165, 1.54) is 19.3 Å². The first kappa shape index (κ1) is 14.0. The second-order valence-corrected chi connectivity index (χ2v) is 4.51. The molecule has 1 unspecified atom stereocenters. The van der Waals surface area contributed by atoms with Crippen molar-refractivity contribution in [1.29, 1.82) is 0 Å². The molecule has 1 N–H and O–H groups in total. The van der Waals surface area contributed by atoms with Crippen LogP contribution in [-0.2, 0) is 0 Å². The normalized spacial score (nSPS) is 12.4. The third kappa shape index (κ3) is 7.01. The van der Waals surface area contributed by atoms with Crippen molar-refractivity contribution < 1.29 is 4.74 Å². The van der Waals surface area contributed by atoms with Gasteiger partial charge in [0.15, 0.2) is 0 Å². The van der Waals surface area contributed by atoms with Crippen LogP contribution in [-0.4, -0.2) is 19.2 Å². The highest BCUT2D eigenvalue weighted by atomic mass is 16.5. The zero-order chi connectivity index (χ0) is 12.3. The SMILES string of the molecule is CCCNC(C)CCCCOc1ccccc1. The van der Waals surface area contributed by atoms with E-state index in [2.05, 4.69) is 19.2 Å². The largest absolute Gasteiger partial charge is 0.494 e. The Morgan fingerprint density at radius 2 is 1.94 bits per heavy atom. The molecule has 0 spiro atoms. The molecule has 2 heteroatoms. The monoisotopic (exact) mass is 235 g/mol. The molecule has 0 bridgehead atoms. The molecule has 0 fully saturated rings. The number of hydrogen-bond donors (Lipinski definition) is 1. The average Bonchev–Trinajstić information content (AvgIpc) is 2.37. The minimum absolute atomic E-state index is 0.631. The van der Waals surface area contributed by atoms with Gasteiger partial charge in [0.05, 0.1) is 6.61 Å². The van der Waals surface area contributed by atoms with Gasteiger partial charge < -0.3 is 10.1 Å². The molecule has 0 saturated carbocycles. The van der Waals surface area contributed by atoms with Crippen LogP contribution in [0.15, 0.2) is 30.3 Å². The quantitative estimate of drug-likeness (QED) is 0.660. The van der Waals surface area contributed by atoms with Crippen LogP contribution in [0.4, 0.5) is 0 Å². The lowest BCUT2D eigenvalue weighted by molar-refractivity contribution is 0.301. The van der Waals surface area contributed by atoms with E-state index in [1.807, 2.05) is 30.3 Å². The lowest BCUT2D eigenvalue weighted by Crippen LogP contribution is -2.26. The fourth-order valence-corrected chi connectivity index (χ4v) is 1.75. The van der Waals surface area contributed by atoms with Crippen LogP contribution in [0, 0.1) is 0 Å². The van der Waals surface area contributed by atoms with Crippen LogP contribution in [0.1, 0.15) is 39.5 Å². The highest BCUT2D eigenvalue weighted by molar-refractivity contribution is 5.20. The van der Waals surface area contributed by atoms with Crippen LogP contribution in [0.2, 0.25) is 0 Å². The summed E-state index contributed by atoms with van der Waals surface area (Å²) in [5.74, 6) is 0.977. The van der Waals surface area contributed by atoms with Crippen molar-refractivity contribution in [1.82, 2.24) is 5.32 Å². The highest BCUT2D eigenvalue weighted by Gasteiger charge is 1.99. The molecular weight excluding hydrogens is 210 g/mol. The molecule has 0 radical (unpaired) electrons. The Morgan fingerprint density at radius 1 is 1.18 bits per heavy atom. The summed E-state index contributed by atoms with van der Waals surface area (Å²) in [4.78, 5) is 0. The molecule has 1 atom stereocenters. The van der Waals surface area contributed by atoms with Crippen LogP contribution in [0.3, 0.4) is 0 Å². The predicted octanol–water partition coefficient (Wildman–Crippen LogP) is 3.62. The van der Waals surface area contributed by atoms with Crippen LogP contribution < -0.4 is 10.1 Å². The second-order valence-electron chi connectivity index (χ2n) is 4.51. The van der Waals surface area contributed by atoms with Gasteiger partial charge in [-0.2, -0.15) is 0 Å². The minimum Gasteiger partial charge on any atom is -0.494 e. The summed E-state index contributed by atoms with van der Waals surface area (Å²) in [6.07, 6.45) is 4.80. The van der Waals surface area contributed by atoms with E-state index in [-0.39, 0.29) is 0 Å². The molecule has 1 aromatic rings. The Balaban J connectivity index is 1.97. The number of ether oxygens (including phenoxy) is 1. The van der Waals surface area contributed by atoms with Crippen molar-refractivity contribution >= 4 is 0 Å². The minimum atomic E-state index is 0.631. The van der Waals surface area contributed by atoms with Crippen LogP contribution >= 0.6 is 0 Å². The first-order valence-electron chi connectivity index (χ1n) is 6.74. The first-order chi connectivity index (χ1) is 8.33. The topological polar surface area (TPSA) is 21.3 Å². The molecule has 0 aromatic heterocycles. The fourth-order valence-electron chi connectivity index (χ4n) is 1.75. The zero-order valence-electron chi connectivity index (χ0n) is 11.1. The van der Waals surface area contributed by atoms with Gasteiger partial charge in [0, 0.05) is 6.04 Å². The van der Waals surface area contributed by atoms with E-state index in [0.29, 0.717) is 6.04 Å². The van der Waals surface area contributed by atoms with Crippen LogP contribution in [0.5, 0.6) is 5.75 Å². The Labute approximate surface area is 105 Å². The van der Waals surface area contributed by atoms with Crippen molar-refractivity contribution in [2.45, 2.75) is 45.6 Å². The number of benzene rings is 1. The molecule has 96 valence electrons. The molecule has 2 nitrogen and oxygen atoms in total. The summed E-state index contributed by atoms with van der Waals surface area (Å²) in [5, 5.41) is 3.50. The van der Waals surface area contributed by atoms with Gasteiger partial charge in [-0.15, -0.1) is 0 Å². The van der Waals surface area contributed by atoms with Gasteiger partial charge in [0.25, 0.3) is 0 Å². The number of unbranched alkanes of at least 4 members (excludes halogenated alkanes) is 1. The summed E-state index contributed by atoms with van der Waals surface area (Å²) in [6, 6.07) is 10.7. The number of rotatable bonds is 9. The fraction of sp³-hybridized carbons (Fsp3) is 0.600. The molecule has 0 aliphatic carbocycles. The third-order valence-corrected chi connectivity index (χ3v) is 2.79. The summed E-state index contributed by atoms with van der Waals surface area (Å²) >= 11 is 0. The average molecular weight is 235 g/mol. The smallest absolute Gasteiger partial charge is 0.119 e. The van der Waals surface area contributed by atoms with E-state index in [0.717, 1.165) is 25.3 Å². The standard InChI is InChI=1S/C15H25NO/c1-3-12-16-14(2)9-7-8-13-17-15-10-5-4-6-11-15/h4-6,10-11,14,16H,3,7-9,12-13H2,1-2H3. The third-order valence-electron chi connectivity index (χ3n) is 2.79. The predicted molar refractivity (Wildman–Crippen MR) is 73.5 cm³/mol. The molecule has 1 rings (SSSR count). The lowest BCUT2D eigenvalue weighted by atomic mass is 10.1. The maximum absolute atomic E-state index is 5.65. The van der Waals surface area contributed by atoms with E-state index in [9.17, 15) is 0 Å². The van der Waals surface area contributed by atoms with Gasteiger partial charge in [0.1, 0.15) is 5.75 Å². The maximum Gasteiger partial charge on any atom is 0.119 e. The lowest BCUT2D eigenvalue weighted by Gasteiger charge is -2.12. The second kappa shape index (κ2) is 9.06. The molecule has 0 aliphatic heterocycles. The van der Waals surface area contributed by atoms with Crippen molar-refractivity contribution in [3.8, 4) is 5.75 Å². The number of nitrogens with one attached hydrogen (secondary N) is 1. The molecular formula is C15H25NO. The molecule has 1 aromatic carbocycles. The summed E-state index contributed by atoms with van der Waals surface area (Å²) in [7, 11) is 0. The molecule has 0 amide bonds. The summed E-state index contributed by atoms with van der Waals surface area (Å²) in [5.41, 5.74) is 0. The molecule has 0 aliphatic rings. The van der Waals surface area contributed by atoms with Gasteiger partial charge >= 0.3 is 0 Å². The van der Waals surface area contributed by atoms with E-state index < -0.39 is 0 Å². The Bertz CT molecular complexity index is 274. The van der Waals surface area contributed by atoms with Crippen molar-refractivity contribution in [3.05, 3.63) is 30.3 Å². The first-order valence-corrected chi connectivity index (χ1v) is 6.74. The van der Waals surface area contributed by atoms with Crippen molar-refractivity contribution in [2.75, 3.05) is 13.2 Å². The Kier molecular flexibility index (Phi) is 7.48. The highest BCUT2D eigenvalue weighted by Crippen LogP contribution is 2.09. The van der Waals surface area contributed by atoms with Gasteiger partial charge in [-0.1, -0.05) is 25.1 Å². The molecule has 0 saturated heterocycles. The van der Waals surface area contributed by atoms with Crippen molar-refractivity contribution in [3.63, 3.8) is 0 Å². The van der Waals surface area contributed by atoms with Gasteiger partial charge in [-0.05, 0) is 51.3 Å². The maximum atomic E-state index is 5.65. The van der Waals surface area contributed by atoms with Gasteiger partial charge in [-0.3, -0.25) is 0 Å². The van der Waals surface area contributed by atoms with E-state index in [4.69, 9.17) is 4.74 Å². The van der Waals surface area contributed by atoms with Crippen molar-refractivity contribution in [2.24, 2.45) is 0 Å². The van der Waals surface area contributed by atoms with E-state index in [1.54, 1.807) is 0 Å². The van der Waals surface area contributed by atoms with Gasteiger partial charge in [0.2, 0.25) is 0 Å². The van der Waals surface area contributed by atoms with Gasteiger partial charge in [-0.25, -0.2) is 0 Å². The van der Waals surface area contributed by atoms with Crippen LogP contribution in [0.25, 0.3) is 0 Å². The number of para-hydroxylation sites is 1. The van der Waals surface area contributed by atoms with E-state index >= 15 is 0 Å². The Hall–Kier alpha value is -1.02. The number of hydrogen-bond acceptors (Lipinski definition) is 2. The molecule has 0 heterocycles. The summed E-state index contributed by atoms with van der Waals surface area (Å²) in [6.45, 7) is 6.41. The molecule has 17 heavy (non-hydrogen) atoms. The summed E-state index contributed by atoms with van der Waals surface area (Å²) < 4.78 is 5.65. The zero-order valence-corrected chi connectivity index (χ0v) is 11.1.